The molecule has 0 saturated carbocycles. The van der Waals surface area contributed by atoms with Gasteiger partial charge in [-0.05, 0) is 32.0 Å². The third kappa shape index (κ3) is 2.96. The lowest BCUT2D eigenvalue weighted by Crippen LogP contribution is -2.08. The molecule has 0 aliphatic rings. The van der Waals surface area contributed by atoms with E-state index in [1.165, 1.54) is 12.1 Å². The number of aryl methyl sites for hydroxylation is 1. The van der Waals surface area contributed by atoms with E-state index in [1.807, 2.05) is 19.2 Å². The molecule has 1 aromatic heterocycles. The molecule has 1 aromatic carbocycles. The average Bonchev–Trinajstić information content (AvgIpc) is 2.70. The number of hydrogen-bond acceptors (Lipinski definition) is 3. The highest BCUT2D eigenvalue weighted by molar-refractivity contribution is 7.09. The summed E-state index contributed by atoms with van der Waals surface area (Å²) in [6.07, 6.45) is 0. The van der Waals surface area contributed by atoms with Crippen molar-refractivity contribution in [1.29, 1.82) is 0 Å². The second kappa shape index (κ2) is 5.02. The van der Waals surface area contributed by atoms with Crippen LogP contribution in [0.5, 0.6) is 0 Å². The summed E-state index contributed by atoms with van der Waals surface area (Å²) in [7, 11) is 0. The van der Waals surface area contributed by atoms with Crippen LogP contribution in [-0.4, -0.2) is 4.98 Å². The molecule has 0 saturated heterocycles. The SMILES string of the molecule is Cc1nc(C(C)Nc2cc(Cl)ccc2F)cs1. The second-order valence-corrected chi connectivity index (χ2v) is 5.28. The summed E-state index contributed by atoms with van der Waals surface area (Å²) in [5, 5.41) is 6.54. The third-order valence-corrected chi connectivity index (χ3v) is 3.41. The van der Waals surface area contributed by atoms with Crippen LogP contribution < -0.4 is 5.32 Å². The Bertz CT molecular complexity index is 527. The highest BCUT2D eigenvalue weighted by Crippen LogP contribution is 2.25. The molecule has 2 aromatic rings. The van der Waals surface area contributed by atoms with Crippen LogP contribution in [-0.2, 0) is 0 Å². The molecule has 1 N–H and O–H groups in total. The molecule has 17 heavy (non-hydrogen) atoms. The maximum absolute atomic E-state index is 13.5. The first-order chi connectivity index (χ1) is 8.06. The van der Waals surface area contributed by atoms with E-state index in [1.54, 1.807) is 17.4 Å². The average molecular weight is 271 g/mol. The van der Waals surface area contributed by atoms with Crippen LogP contribution in [0.25, 0.3) is 0 Å². The summed E-state index contributed by atoms with van der Waals surface area (Å²) in [6, 6.07) is 4.41. The van der Waals surface area contributed by atoms with Crippen molar-refractivity contribution in [3.05, 3.63) is 45.1 Å². The van der Waals surface area contributed by atoms with Gasteiger partial charge in [0, 0.05) is 10.4 Å². The molecule has 5 heteroatoms. The quantitative estimate of drug-likeness (QED) is 0.893. The fourth-order valence-corrected chi connectivity index (χ4v) is 2.37. The van der Waals surface area contributed by atoms with Crippen molar-refractivity contribution in [2.24, 2.45) is 0 Å². The summed E-state index contributed by atoms with van der Waals surface area (Å²) in [5.74, 6) is -0.312. The molecule has 0 aliphatic carbocycles. The summed E-state index contributed by atoms with van der Waals surface area (Å²) in [6.45, 7) is 3.88. The molecule has 2 nitrogen and oxygen atoms in total. The molecule has 1 heterocycles. The van der Waals surface area contributed by atoms with Gasteiger partial charge in [0.1, 0.15) is 5.82 Å². The largest absolute Gasteiger partial charge is 0.375 e. The van der Waals surface area contributed by atoms with Gasteiger partial charge in [0.2, 0.25) is 0 Å². The van der Waals surface area contributed by atoms with E-state index < -0.39 is 0 Å². The first-order valence-electron chi connectivity index (χ1n) is 5.20. The predicted molar refractivity (Wildman–Crippen MR) is 70.3 cm³/mol. The lowest BCUT2D eigenvalue weighted by molar-refractivity contribution is 0.627. The number of rotatable bonds is 3. The van der Waals surface area contributed by atoms with Gasteiger partial charge < -0.3 is 5.32 Å². The molecule has 0 radical (unpaired) electrons. The summed E-state index contributed by atoms with van der Waals surface area (Å²) in [5.41, 5.74) is 1.31. The van der Waals surface area contributed by atoms with E-state index in [4.69, 9.17) is 11.6 Å². The van der Waals surface area contributed by atoms with Gasteiger partial charge >= 0.3 is 0 Å². The number of anilines is 1. The first-order valence-corrected chi connectivity index (χ1v) is 6.45. The number of thiazole rings is 1. The number of hydrogen-bond donors (Lipinski definition) is 1. The zero-order chi connectivity index (χ0) is 12.4. The van der Waals surface area contributed by atoms with E-state index in [2.05, 4.69) is 10.3 Å². The van der Waals surface area contributed by atoms with Crippen LogP contribution in [0.2, 0.25) is 5.02 Å². The lowest BCUT2D eigenvalue weighted by Gasteiger charge is -2.14. The number of nitrogens with one attached hydrogen (secondary N) is 1. The normalized spacial score (nSPS) is 12.5. The van der Waals surface area contributed by atoms with E-state index in [9.17, 15) is 4.39 Å². The monoisotopic (exact) mass is 270 g/mol. The zero-order valence-electron chi connectivity index (χ0n) is 9.50. The van der Waals surface area contributed by atoms with E-state index in [0.29, 0.717) is 10.7 Å². The fourth-order valence-electron chi connectivity index (χ4n) is 1.49. The molecular weight excluding hydrogens is 259 g/mol. The topological polar surface area (TPSA) is 24.9 Å². The highest BCUT2D eigenvalue weighted by Gasteiger charge is 2.11. The Labute approximate surface area is 108 Å². The Morgan fingerprint density at radius 1 is 1.47 bits per heavy atom. The number of aromatic nitrogens is 1. The molecular formula is C12H12ClFN2S. The van der Waals surface area contributed by atoms with Gasteiger partial charge in [-0.3, -0.25) is 0 Å². The number of halogens is 2. The van der Waals surface area contributed by atoms with Crippen LogP contribution in [0.15, 0.2) is 23.6 Å². The van der Waals surface area contributed by atoms with Gasteiger partial charge in [0.25, 0.3) is 0 Å². The van der Waals surface area contributed by atoms with Crippen LogP contribution in [0.3, 0.4) is 0 Å². The molecule has 0 spiro atoms. The first kappa shape index (κ1) is 12.3. The highest BCUT2D eigenvalue weighted by atomic mass is 35.5. The number of benzene rings is 1. The Morgan fingerprint density at radius 2 is 2.24 bits per heavy atom. The molecule has 0 amide bonds. The van der Waals surface area contributed by atoms with Crippen LogP contribution >= 0.6 is 22.9 Å². The Kier molecular flexibility index (Phi) is 3.64. The van der Waals surface area contributed by atoms with E-state index >= 15 is 0 Å². The van der Waals surface area contributed by atoms with Crippen LogP contribution in [0.4, 0.5) is 10.1 Å². The minimum absolute atomic E-state index is 0.0482. The Morgan fingerprint density at radius 3 is 2.88 bits per heavy atom. The smallest absolute Gasteiger partial charge is 0.146 e. The van der Waals surface area contributed by atoms with E-state index in [-0.39, 0.29) is 11.9 Å². The van der Waals surface area contributed by atoms with Crippen molar-refractivity contribution in [3.8, 4) is 0 Å². The van der Waals surface area contributed by atoms with Crippen molar-refractivity contribution in [2.75, 3.05) is 5.32 Å². The van der Waals surface area contributed by atoms with Gasteiger partial charge in [0.05, 0.1) is 22.4 Å². The third-order valence-electron chi connectivity index (χ3n) is 2.38. The predicted octanol–water partition coefficient (Wildman–Crippen LogP) is 4.42. The van der Waals surface area contributed by atoms with Crippen molar-refractivity contribution in [3.63, 3.8) is 0 Å². The number of nitrogens with zero attached hydrogens (tertiary/aromatic N) is 1. The van der Waals surface area contributed by atoms with Gasteiger partial charge in [-0.1, -0.05) is 11.6 Å². The Hall–Kier alpha value is -1.13. The molecule has 0 fully saturated rings. The van der Waals surface area contributed by atoms with Gasteiger partial charge in [-0.15, -0.1) is 11.3 Å². The summed E-state index contributed by atoms with van der Waals surface area (Å²) < 4.78 is 13.5. The summed E-state index contributed by atoms with van der Waals surface area (Å²) >= 11 is 7.41. The lowest BCUT2D eigenvalue weighted by atomic mass is 10.2. The Balaban J connectivity index is 2.18. The second-order valence-electron chi connectivity index (χ2n) is 3.78. The summed E-state index contributed by atoms with van der Waals surface area (Å²) in [4.78, 5) is 4.36. The minimum atomic E-state index is -0.312. The molecule has 90 valence electrons. The standard InChI is InChI=1S/C12H12ClFN2S/c1-7(12-6-17-8(2)16-12)15-11-5-9(13)3-4-10(11)14/h3-7,15H,1-2H3. The fraction of sp³-hybridized carbons (Fsp3) is 0.250. The zero-order valence-corrected chi connectivity index (χ0v) is 11.1. The molecule has 1 unspecified atom stereocenters. The maximum Gasteiger partial charge on any atom is 0.146 e. The van der Waals surface area contributed by atoms with Crippen LogP contribution in [0.1, 0.15) is 23.7 Å². The van der Waals surface area contributed by atoms with E-state index in [0.717, 1.165) is 10.7 Å². The van der Waals surface area contributed by atoms with Crippen molar-refractivity contribution in [2.45, 2.75) is 19.9 Å². The molecule has 1 atom stereocenters. The van der Waals surface area contributed by atoms with Crippen molar-refractivity contribution >= 4 is 28.6 Å². The minimum Gasteiger partial charge on any atom is -0.375 e. The van der Waals surface area contributed by atoms with Crippen molar-refractivity contribution < 1.29 is 4.39 Å². The molecule has 0 aliphatic heterocycles. The van der Waals surface area contributed by atoms with Gasteiger partial charge in [-0.2, -0.15) is 0 Å². The van der Waals surface area contributed by atoms with Gasteiger partial charge in [0.15, 0.2) is 0 Å². The van der Waals surface area contributed by atoms with Gasteiger partial charge in [-0.25, -0.2) is 9.37 Å². The van der Waals surface area contributed by atoms with Crippen molar-refractivity contribution in [1.82, 2.24) is 4.98 Å². The maximum atomic E-state index is 13.5. The molecule has 0 bridgehead atoms. The molecule has 2 rings (SSSR count). The van der Waals surface area contributed by atoms with Crippen LogP contribution in [0, 0.1) is 12.7 Å².